The minimum Gasteiger partial charge on any atom is -0.493 e. The number of carbonyl (C=O) groups is 1. The molecule has 20 heavy (non-hydrogen) atoms. The second-order valence-electron chi connectivity index (χ2n) is 3.66. The first-order valence-corrected chi connectivity index (χ1v) is 5.54. The summed E-state index contributed by atoms with van der Waals surface area (Å²) in [7, 11) is 2.82. The van der Waals surface area contributed by atoms with Crippen LogP contribution in [0.25, 0.3) is 0 Å². The Morgan fingerprint density at radius 2 is 2.00 bits per heavy atom. The van der Waals surface area contributed by atoms with Gasteiger partial charge in [0.2, 0.25) is 0 Å². The van der Waals surface area contributed by atoms with E-state index in [0.29, 0.717) is 11.3 Å². The van der Waals surface area contributed by atoms with Gasteiger partial charge in [-0.05, 0) is 12.1 Å². The van der Waals surface area contributed by atoms with E-state index < -0.39 is 5.97 Å². The van der Waals surface area contributed by atoms with E-state index in [2.05, 4.69) is 15.3 Å². The van der Waals surface area contributed by atoms with Gasteiger partial charge >= 0.3 is 5.97 Å². The molecule has 0 unspecified atom stereocenters. The summed E-state index contributed by atoms with van der Waals surface area (Å²) in [6.45, 7) is 0. The van der Waals surface area contributed by atoms with E-state index in [-0.39, 0.29) is 11.3 Å². The van der Waals surface area contributed by atoms with Crippen molar-refractivity contribution in [3.8, 4) is 11.5 Å². The van der Waals surface area contributed by atoms with E-state index in [1.54, 1.807) is 12.1 Å². The molecule has 1 aromatic heterocycles. The standard InChI is InChI=1S/C12H12N4O4/c1-19-9-4-3-8(5-15-16-6-13-14-7-16)10(12(17)18)11(9)20-2/h3-7H,1-2H3,(H,17,18)/b15-5-. The van der Waals surface area contributed by atoms with Gasteiger partial charge in [-0.2, -0.15) is 5.10 Å². The molecule has 0 saturated carbocycles. The molecule has 0 bridgehead atoms. The number of rotatable bonds is 5. The van der Waals surface area contributed by atoms with E-state index >= 15 is 0 Å². The lowest BCUT2D eigenvalue weighted by atomic mass is 10.1. The van der Waals surface area contributed by atoms with Gasteiger partial charge in [0, 0.05) is 5.56 Å². The molecule has 0 radical (unpaired) electrons. The largest absolute Gasteiger partial charge is 0.493 e. The average Bonchev–Trinajstić information content (AvgIpc) is 2.96. The van der Waals surface area contributed by atoms with Gasteiger partial charge in [0.05, 0.1) is 20.4 Å². The first-order valence-electron chi connectivity index (χ1n) is 5.54. The molecule has 1 N–H and O–H groups in total. The second-order valence-corrected chi connectivity index (χ2v) is 3.66. The molecule has 0 spiro atoms. The lowest BCUT2D eigenvalue weighted by Gasteiger charge is -2.12. The number of methoxy groups -OCH3 is 2. The smallest absolute Gasteiger partial charge is 0.340 e. The van der Waals surface area contributed by atoms with E-state index in [9.17, 15) is 9.90 Å². The first kappa shape index (κ1) is 13.5. The van der Waals surface area contributed by atoms with Crippen LogP contribution in [0.1, 0.15) is 15.9 Å². The van der Waals surface area contributed by atoms with Crippen LogP contribution in [0.4, 0.5) is 0 Å². The molecule has 104 valence electrons. The second kappa shape index (κ2) is 5.83. The van der Waals surface area contributed by atoms with Crippen LogP contribution < -0.4 is 9.47 Å². The summed E-state index contributed by atoms with van der Waals surface area (Å²) >= 11 is 0. The molecule has 0 fully saturated rings. The molecule has 0 atom stereocenters. The highest BCUT2D eigenvalue weighted by Gasteiger charge is 2.19. The maximum absolute atomic E-state index is 11.4. The van der Waals surface area contributed by atoms with Crippen LogP contribution in [0, 0.1) is 0 Å². The first-order chi connectivity index (χ1) is 9.67. The quantitative estimate of drug-likeness (QED) is 0.814. The van der Waals surface area contributed by atoms with Crippen molar-refractivity contribution in [3.63, 3.8) is 0 Å². The average molecular weight is 276 g/mol. The Hall–Kier alpha value is -2.90. The number of hydrogen-bond donors (Lipinski definition) is 1. The summed E-state index contributed by atoms with van der Waals surface area (Å²) in [4.78, 5) is 11.4. The van der Waals surface area contributed by atoms with Gasteiger partial charge in [-0.1, -0.05) is 0 Å². The van der Waals surface area contributed by atoms with Crippen LogP contribution >= 0.6 is 0 Å². The number of carboxylic acid groups (broad SMARTS) is 1. The maximum atomic E-state index is 11.4. The molecule has 0 aliphatic rings. The van der Waals surface area contributed by atoms with Gasteiger partial charge < -0.3 is 14.6 Å². The maximum Gasteiger partial charge on any atom is 0.340 e. The monoisotopic (exact) mass is 276 g/mol. The van der Waals surface area contributed by atoms with Gasteiger partial charge in [-0.25, -0.2) is 9.47 Å². The van der Waals surface area contributed by atoms with Crippen LogP contribution in [0.3, 0.4) is 0 Å². The third kappa shape index (κ3) is 2.58. The number of benzene rings is 1. The number of nitrogens with zero attached hydrogens (tertiary/aromatic N) is 4. The summed E-state index contributed by atoms with van der Waals surface area (Å²) < 4.78 is 11.5. The van der Waals surface area contributed by atoms with Gasteiger partial charge in [-0.3, -0.25) is 0 Å². The van der Waals surface area contributed by atoms with Crippen molar-refractivity contribution in [3.05, 3.63) is 35.9 Å². The molecule has 2 rings (SSSR count). The Bertz CT molecular complexity index is 637. The summed E-state index contributed by atoms with van der Waals surface area (Å²) in [5.74, 6) is -0.648. The van der Waals surface area contributed by atoms with Crippen molar-refractivity contribution in [2.45, 2.75) is 0 Å². The highest BCUT2D eigenvalue weighted by Crippen LogP contribution is 2.32. The Kier molecular flexibility index (Phi) is 3.94. The zero-order valence-corrected chi connectivity index (χ0v) is 10.8. The van der Waals surface area contributed by atoms with Gasteiger partial charge in [0.25, 0.3) is 0 Å². The molecular weight excluding hydrogens is 264 g/mol. The van der Waals surface area contributed by atoms with Crippen molar-refractivity contribution in [2.75, 3.05) is 14.2 Å². The van der Waals surface area contributed by atoms with Gasteiger partial charge in [-0.15, -0.1) is 10.2 Å². The van der Waals surface area contributed by atoms with Crippen molar-refractivity contribution >= 4 is 12.2 Å². The highest BCUT2D eigenvalue weighted by atomic mass is 16.5. The Morgan fingerprint density at radius 1 is 1.30 bits per heavy atom. The molecule has 0 aliphatic heterocycles. The van der Waals surface area contributed by atoms with Crippen molar-refractivity contribution in [1.82, 2.24) is 14.9 Å². The van der Waals surface area contributed by atoms with Gasteiger partial charge in [0.1, 0.15) is 18.2 Å². The fraction of sp³-hybridized carbons (Fsp3) is 0.167. The normalized spacial score (nSPS) is 10.7. The minimum atomic E-state index is -1.13. The molecule has 0 aliphatic carbocycles. The SMILES string of the molecule is COc1ccc(/C=N\n2cnnc2)c(C(=O)O)c1OC. The van der Waals surface area contributed by atoms with E-state index in [1.165, 1.54) is 37.8 Å². The van der Waals surface area contributed by atoms with Crippen molar-refractivity contribution in [1.29, 1.82) is 0 Å². The third-order valence-electron chi connectivity index (χ3n) is 2.53. The summed E-state index contributed by atoms with van der Waals surface area (Å²) in [6.07, 6.45) is 4.16. The Labute approximate surface area is 114 Å². The fourth-order valence-corrected chi connectivity index (χ4v) is 1.65. The predicted octanol–water partition coefficient (Wildman–Crippen LogP) is 0.876. The fourth-order valence-electron chi connectivity index (χ4n) is 1.65. The van der Waals surface area contributed by atoms with Crippen LogP contribution in [-0.2, 0) is 0 Å². The minimum absolute atomic E-state index is 0.0244. The van der Waals surface area contributed by atoms with Crippen molar-refractivity contribution in [2.24, 2.45) is 5.10 Å². The Morgan fingerprint density at radius 3 is 2.55 bits per heavy atom. The molecule has 1 aromatic carbocycles. The van der Waals surface area contributed by atoms with Crippen molar-refractivity contribution < 1.29 is 19.4 Å². The third-order valence-corrected chi connectivity index (χ3v) is 2.53. The van der Waals surface area contributed by atoms with E-state index in [0.717, 1.165) is 0 Å². The number of carboxylic acids is 1. The van der Waals surface area contributed by atoms with Crippen LogP contribution in [0.2, 0.25) is 0 Å². The number of ether oxygens (including phenoxy) is 2. The zero-order chi connectivity index (χ0) is 14.5. The topological polar surface area (TPSA) is 98.8 Å². The molecule has 0 amide bonds. The van der Waals surface area contributed by atoms with Crippen LogP contribution in [0.5, 0.6) is 11.5 Å². The molecular formula is C12H12N4O4. The van der Waals surface area contributed by atoms with Crippen LogP contribution in [0.15, 0.2) is 29.9 Å². The molecule has 8 nitrogen and oxygen atoms in total. The number of aromatic nitrogens is 3. The molecule has 0 saturated heterocycles. The molecule has 8 heteroatoms. The summed E-state index contributed by atoms with van der Waals surface area (Å²) in [5.41, 5.74) is 0.354. The summed E-state index contributed by atoms with van der Waals surface area (Å²) in [6, 6.07) is 3.19. The number of hydrogen-bond acceptors (Lipinski definition) is 6. The predicted molar refractivity (Wildman–Crippen MR) is 69.5 cm³/mol. The van der Waals surface area contributed by atoms with Crippen LogP contribution in [-0.4, -0.2) is 46.4 Å². The lowest BCUT2D eigenvalue weighted by molar-refractivity contribution is 0.0692. The Balaban J connectivity index is 2.50. The zero-order valence-electron chi connectivity index (χ0n) is 10.8. The lowest BCUT2D eigenvalue weighted by Crippen LogP contribution is -2.07. The van der Waals surface area contributed by atoms with Gasteiger partial charge in [0.15, 0.2) is 11.5 Å². The summed E-state index contributed by atoms with van der Waals surface area (Å²) in [5, 5.41) is 20.5. The highest BCUT2D eigenvalue weighted by molar-refractivity contribution is 6.01. The van der Waals surface area contributed by atoms with E-state index in [1.807, 2.05) is 0 Å². The van der Waals surface area contributed by atoms with E-state index in [4.69, 9.17) is 9.47 Å². The molecule has 1 heterocycles. The molecule has 2 aromatic rings. The number of aromatic carboxylic acids is 1.